The fourth-order valence-electron chi connectivity index (χ4n) is 1.85. The molecule has 2 aromatic rings. The summed E-state index contributed by atoms with van der Waals surface area (Å²) in [7, 11) is 0. The summed E-state index contributed by atoms with van der Waals surface area (Å²) >= 11 is 6.09. The Labute approximate surface area is 135 Å². The molecule has 0 radical (unpaired) electrons. The van der Waals surface area contributed by atoms with Gasteiger partial charge in [0.05, 0.1) is 0 Å². The second-order valence-electron chi connectivity index (χ2n) is 4.79. The number of nitrogens with one attached hydrogen (secondary N) is 2. The van der Waals surface area contributed by atoms with Crippen LogP contribution in [0.1, 0.15) is 18.9 Å². The number of hydrogen-bond donors (Lipinski definition) is 2. The Hall–Kier alpha value is -2.20. The van der Waals surface area contributed by atoms with E-state index in [0.717, 1.165) is 12.0 Å². The molecule has 0 unspecified atom stereocenters. The molecule has 116 valence electrons. The molecule has 0 saturated heterocycles. The van der Waals surface area contributed by atoms with E-state index in [0.29, 0.717) is 29.6 Å². The number of ether oxygens (including phenoxy) is 1. The molecule has 2 amide bonds. The number of rotatable bonds is 6. The molecule has 0 aliphatic rings. The Kier molecular flexibility index (Phi) is 6.10. The van der Waals surface area contributed by atoms with Gasteiger partial charge in [-0.3, -0.25) is 0 Å². The van der Waals surface area contributed by atoms with Crippen LogP contribution in [0, 0.1) is 0 Å². The SMILES string of the molecule is CCCNC(=O)Nc1cccc(OCc2ccccc2Cl)c1. The summed E-state index contributed by atoms with van der Waals surface area (Å²) in [4.78, 5) is 11.6. The Morgan fingerprint density at radius 3 is 2.77 bits per heavy atom. The van der Waals surface area contributed by atoms with Gasteiger partial charge in [0, 0.05) is 28.9 Å². The van der Waals surface area contributed by atoms with E-state index in [1.807, 2.05) is 49.4 Å². The molecule has 0 heterocycles. The molecule has 0 bridgehead atoms. The van der Waals surface area contributed by atoms with Gasteiger partial charge in [-0.1, -0.05) is 42.8 Å². The van der Waals surface area contributed by atoms with Crippen LogP contribution in [0.2, 0.25) is 5.02 Å². The van der Waals surface area contributed by atoms with Crippen molar-refractivity contribution in [2.24, 2.45) is 0 Å². The Morgan fingerprint density at radius 1 is 1.18 bits per heavy atom. The zero-order chi connectivity index (χ0) is 15.8. The van der Waals surface area contributed by atoms with E-state index in [2.05, 4.69) is 10.6 Å². The minimum Gasteiger partial charge on any atom is -0.489 e. The van der Waals surface area contributed by atoms with Crippen molar-refractivity contribution in [2.75, 3.05) is 11.9 Å². The smallest absolute Gasteiger partial charge is 0.319 e. The third kappa shape index (κ3) is 4.97. The summed E-state index contributed by atoms with van der Waals surface area (Å²) < 4.78 is 5.72. The van der Waals surface area contributed by atoms with Gasteiger partial charge in [-0.05, 0) is 24.6 Å². The Bertz CT molecular complexity index is 632. The van der Waals surface area contributed by atoms with Crippen LogP contribution in [-0.4, -0.2) is 12.6 Å². The van der Waals surface area contributed by atoms with Crippen LogP contribution in [-0.2, 0) is 6.61 Å². The monoisotopic (exact) mass is 318 g/mol. The number of anilines is 1. The third-order valence-electron chi connectivity index (χ3n) is 2.98. The number of halogens is 1. The van der Waals surface area contributed by atoms with Crippen LogP contribution < -0.4 is 15.4 Å². The molecule has 2 N–H and O–H groups in total. The van der Waals surface area contributed by atoms with Crippen LogP contribution in [0.3, 0.4) is 0 Å². The molecular formula is C17H19ClN2O2. The Morgan fingerprint density at radius 2 is 2.00 bits per heavy atom. The van der Waals surface area contributed by atoms with Crippen molar-refractivity contribution in [1.82, 2.24) is 5.32 Å². The molecule has 4 nitrogen and oxygen atoms in total. The molecule has 0 aliphatic carbocycles. The van der Waals surface area contributed by atoms with Crippen LogP contribution in [0.15, 0.2) is 48.5 Å². The second-order valence-corrected chi connectivity index (χ2v) is 5.20. The maximum atomic E-state index is 11.6. The number of carbonyl (C=O) groups excluding carboxylic acids is 1. The summed E-state index contributed by atoms with van der Waals surface area (Å²) in [6.45, 7) is 3.03. The van der Waals surface area contributed by atoms with Crippen molar-refractivity contribution in [1.29, 1.82) is 0 Å². The van der Waals surface area contributed by atoms with Gasteiger partial charge in [0.25, 0.3) is 0 Å². The van der Waals surface area contributed by atoms with Crippen molar-refractivity contribution >= 4 is 23.3 Å². The van der Waals surface area contributed by atoms with Gasteiger partial charge < -0.3 is 15.4 Å². The molecule has 0 fully saturated rings. The van der Waals surface area contributed by atoms with Gasteiger partial charge in [-0.25, -0.2) is 4.79 Å². The lowest BCUT2D eigenvalue weighted by molar-refractivity contribution is 0.252. The summed E-state index contributed by atoms with van der Waals surface area (Å²) in [5, 5.41) is 6.20. The van der Waals surface area contributed by atoms with Crippen LogP contribution in [0.25, 0.3) is 0 Å². The minimum absolute atomic E-state index is 0.217. The topological polar surface area (TPSA) is 50.4 Å². The zero-order valence-corrected chi connectivity index (χ0v) is 13.2. The quantitative estimate of drug-likeness (QED) is 0.826. The molecule has 5 heteroatoms. The highest BCUT2D eigenvalue weighted by Gasteiger charge is 2.03. The van der Waals surface area contributed by atoms with Gasteiger partial charge in [0.15, 0.2) is 0 Å². The van der Waals surface area contributed by atoms with Gasteiger partial charge in [-0.2, -0.15) is 0 Å². The van der Waals surface area contributed by atoms with Crippen molar-refractivity contribution in [3.63, 3.8) is 0 Å². The lowest BCUT2D eigenvalue weighted by atomic mass is 10.2. The molecule has 22 heavy (non-hydrogen) atoms. The van der Waals surface area contributed by atoms with Gasteiger partial charge in [-0.15, -0.1) is 0 Å². The number of carbonyl (C=O) groups is 1. The molecule has 0 saturated carbocycles. The van der Waals surface area contributed by atoms with E-state index in [4.69, 9.17) is 16.3 Å². The van der Waals surface area contributed by atoms with Crippen LogP contribution in [0.4, 0.5) is 10.5 Å². The molecular weight excluding hydrogens is 300 g/mol. The minimum atomic E-state index is -0.217. The van der Waals surface area contributed by atoms with Crippen LogP contribution in [0.5, 0.6) is 5.75 Å². The van der Waals surface area contributed by atoms with E-state index in [1.165, 1.54) is 0 Å². The lowest BCUT2D eigenvalue weighted by Gasteiger charge is -2.10. The Balaban J connectivity index is 1.94. The first-order valence-electron chi connectivity index (χ1n) is 7.20. The standard InChI is InChI=1S/C17H19ClN2O2/c1-2-10-19-17(21)20-14-7-5-8-15(11-14)22-12-13-6-3-4-9-16(13)18/h3-9,11H,2,10,12H2,1H3,(H2,19,20,21). The van der Waals surface area contributed by atoms with Crippen molar-refractivity contribution in [3.05, 3.63) is 59.1 Å². The van der Waals surface area contributed by atoms with Gasteiger partial charge >= 0.3 is 6.03 Å². The van der Waals surface area contributed by atoms with Crippen molar-refractivity contribution in [3.8, 4) is 5.75 Å². The maximum Gasteiger partial charge on any atom is 0.319 e. The molecule has 2 rings (SSSR count). The van der Waals surface area contributed by atoms with E-state index in [9.17, 15) is 4.79 Å². The fraction of sp³-hybridized carbons (Fsp3) is 0.235. The fourth-order valence-corrected chi connectivity index (χ4v) is 2.04. The molecule has 0 atom stereocenters. The number of hydrogen-bond acceptors (Lipinski definition) is 2. The lowest BCUT2D eigenvalue weighted by Crippen LogP contribution is -2.29. The summed E-state index contributed by atoms with van der Waals surface area (Å²) in [5.41, 5.74) is 1.61. The predicted octanol–water partition coefficient (Wildman–Crippen LogP) is 4.45. The van der Waals surface area contributed by atoms with E-state index >= 15 is 0 Å². The van der Waals surface area contributed by atoms with E-state index < -0.39 is 0 Å². The van der Waals surface area contributed by atoms with E-state index in [-0.39, 0.29) is 6.03 Å². The second kappa shape index (κ2) is 8.29. The highest BCUT2D eigenvalue weighted by atomic mass is 35.5. The third-order valence-corrected chi connectivity index (χ3v) is 3.35. The zero-order valence-electron chi connectivity index (χ0n) is 12.4. The van der Waals surface area contributed by atoms with Crippen molar-refractivity contribution in [2.45, 2.75) is 20.0 Å². The number of benzene rings is 2. The number of amides is 2. The number of urea groups is 1. The average Bonchev–Trinajstić information content (AvgIpc) is 2.52. The molecule has 0 spiro atoms. The summed E-state index contributed by atoms with van der Waals surface area (Å²) in [5.74, 6) is 0.674. The normalized spacial score (nSPS) is 10.1. The summed E-state index contributed by atoms with van der Waals surface area (Å²) in [6, 6.07) is 14.6. The molecule has 0 aromatic heterocycles. The molecule has 0 aliphatic heterocycles. The van der Waals surface area contributed by atoms with Crippen molar-refractivity contribution < 1.29 is 9.53 Å². The highest BCUT2D eigenvalue weighted by Crippen LogP contribution is 2.21. The highest BCUT2D eigenvalue weighted by molar-refractivity contribution is 6.31. The molecule has 2 aromatic carbocycles. The first-order chi connectivity index (χ1) is 10.7. The average molecular weight is 319 g/mol. The maximum absolute atomic E-state index is 11.6. The predicted molar refractivity (Wildman–Crippen MR) is 89.5 cm³/mol. The van der Waals surface area contributed by atoms with E-state index in [1.54, 1.807) is 6.07 Å². The summed E-state index contributed by atoms with van der Waals surface area (Å²) in [6.07, 6.45) is 0.897. The first kappa shape index (κ1) is 16.2. The van der Waals surface area contributed by atoms with Crippen LogP contribution >= 0.6 is 11.6 Å². The van der Waals surface area contributed by atoms with Gasteiger partial charge in [0.2, 0.25) is 0 Å². The van der Waals surface area contributed by atoms with Gasteiger partial charge in [0.1, 0.15) is 12.4 Å². The first-order valence-corrected chi connectivity index (χ1v) is 7.58. The largest absolute Gasteiger partial charge is 0.489 e.